The molecule has 4 heterocycles. The Balaban J connectivity index is 0.952. The van der Waals surface area contributed by atoms with Gasteiger partial charge in [-0.1, -0.05) is 58.0 Å². The Morgan fingerprint density at radius 1 is 0.700 bits per heavy atom. The molecule has 0 spiro atoms. The quantitative estimate of drug-likeness (QED) is 0.114. The van der Waals surface area contributed by atoms with Crippen molar-refractivity contribution in [1.29, 1.82) is 0 Å². The van der Waals surface area contributed by atoms with Gasteiger partial charge in [0.2, 0.25) is 11.8 Å². The summed E-state index contributed by atoms with van der Waals surface area (Å²) in [4.78, 5) is 73.4. The van der Waals surface area contributed by atoms with Gasteiger partial charge >= 0.3 is 12.2 Å². The van der Waals surface area contributed by atoms with Crippen LogP contribution in [0.2, 0.25) is 0 Å². The van der Waals surface area contributed by atoms with Crippen LogP contribution in [0.5, 0.6) is 0 Å². The number of alkyl carbamates (subject to hydrolysis) is 2. The molecule has 4 aliphatic rings. The molecule has 14 nitrogen and oxygen atoms in total. The van der Waals surface area contributed by atoms with Crippen LogP contribution in [-0.4, -0.2) is 93.1 Å². The molecule has 6 unspecified atom stereocenters. The molecule has 2 saturated carbocycles. The molecule has 4 bridgehead atoms. The van der Waals surface area contributed by atoms with Gasteiger partial charge in [0.05, 0.1) is 37.1 Å². The fourth-order valence-electron chi connectivity index (χ4n) is 10.6. The van der Waals surface area contributed by atoms with Crippen molar-refractivity contribution in [1.82, 2.24) is 40.4 Å². The van der Waals surface area contributed by atoms with E-state index < -0.39 is 35.3 Å². The highest BCUT2D eigenvalue weighted by Gasteiger charge is 2.58. The van der Waals surface area contributed by atoms with Gasteiger partial charge in [0.15, 0.2) is 0 Å². The van der Waals surface area contributed by atoms with E-state index in [1.807, 2.05) is 49.8 Å². The number of likely N-dealkylation sites (tertiary alicyclic amines) is 2. The van der Waals surface area contributed by atoms with E-state index in [9.17, 15) is 19.2 Å². The molecule has 4 amide bonds. The number of imidazole rings is 2. The maximum atomic E-state index is 14.0. The summed E-state index contributed by atoms with van der Waals surface area (Å²) in [6.07, 6.45) is 6.02. The van der Waals surface area contributed by atoms with Gasteiger partial charge in [0, 0.05) is 18.7 Å². The van der Waals surface area contributed by atoms with Crippen molar-refractivity contribution in [2.75, 3.05) is 27.3 Å². The molecule has 14 heteroatoms. The Bertz CT molecular complexity index is 2510. The molecular weight excluding hydrogens is 761 g/mol. The predicted octanol–water partition coefficient (Wildman–Crippen LogP) is 7.21. The van der Waals surface area contributed by atoms with Crippen molar-refractivity contribution >= 4 is 45.8 Å². The van der Waals surface area contributed by atoms with Crippen molar-refractivity contribution in [3.05, 3.63) is 72.4 Å². The van der Waals surface area contributed by atoms with Gasteiger partial charge < -0.3 is 39.9 Å². The molecule has 60 heavy (non-hydrogen) atoms. The fourth-order valence-corrected chi connectivity index (χ4v) is 10.6. The highest BCUT2D eigenvalue weighted by molar-refractivity contribution is 5.92. The van der Waals surface area contributed by atoms with Gasteiger partial charge in [-0.25, -0.2) is 19.6 Å². The zero-order chi connectivity index (χ0) is 42.1. The van der Waals surface area contributed by atoms with Crippen LogP contribution >= 0.6 is 0 Å². The number of hydrogen-bond donors (Lipinski definition) is 4. The predicted molar refractivity (Wildman–Crippen MR) is 226 cm³/mol. The third-order valence-corrected chi connectivity index (χ3v) is 13.8. The summed E-state index contributed by atoms with van der Waals surface area (Å²) in [5.74, 6) is 1.95. The Labute approximate surface area is 349 Å². The smallest absolute Gasteiger partial charge is 0.407 e. The first kappa shape index (κ1) is 39.5. The van der Waals surface area contributed by atoms with Crippen molar-refractivity contribution < 1.29 is 28.7 Å². The number of nitrogens with zero attached hydrogens (tertiary/aromatic N) is 4. The number of piperidine rings is 2. The average molecular weight is 815 g/mol. The van der Waals surface area contributed by atoms with Crippen LogP contribution < -0.4 is 10.6 Å². The molecule has 4 N–H and O–H groups in total. The topological polar surface area (TPSA) is 175 Å². The number of rotatable bonds is 10. The van der Waals surface area contributed by atoms with Crippen LogP contribution in [0.4, 0.5) is 9.59 Å². The minimum atomic E-state index is -0.692. The third-order valence-electron chi connectivity index (χ3n) is 13.8. The Morgan fingerprint density at radius 3 is 1.77 bits per heavy atom. The molecule has 314 valence electrons. The highest BCUT2D eigenvalue weighted by atomic mass is 16.5. The van der Waals surface area contributed by atoms with Crippen LogP contribution in [0.3, 0.4) is 0 Å². The van der Waals surface area contributed by atoms with Gasteiger partial charge in [-0.05, 0) is 108 Å². The van der Waals surface area contributed by atoms with E-state index in [0.29, 0.717) is 24.9 Å². The molecule has 2 aliphatic carbocycles. The summed E-state index contributed by atoms with van der Waals surface area (Å²) in [5, 5.41) is 7.71. The first-order valence-electron chi connectivity index (χ1n) is 21.2. The van der Waals surface area contributed by atoms with Crippen LogP contribution in [0.25, 0.3) is 44.2 Å². The molecule has 2 saturated heterocycles. The molecule has 2 aliphatic heterocycles. The van der Waals surface area contributed by atoms with Crippen LogP contribution in [-0.2, 0) is 30.1 Å². The van der Waals surface area contributed by atoms with Crippen LogP contribution in [0.1, 0.15) is 77.9 Å². The van der Waals surface area contributed by atoms with Crippen LogP contribution in [0.15, 0.2) is 60.8 Å². The highest BCUT2D eigenvalue weighted by Crippen LogP contribution is 2.54. The summed E-state index contributed by atoms with van der Waals surface area (Å²) < 4.78 is 9.67. The van der Waals surface area contributed by atoms with Gasteiger partial charge in [-0.15, -0.1) is 0 Å². The summed E-state index contributed by atoms with van der Waals surface area (Å²) >= 11 is 0. The number of methoxy groups -OCH3 is 2. The number of fused-ring (bicyclic) bond motifs is 6. The number of ether oxygens (including phenoxy) is 2. The van der Waals surface area contributed by atoms with Gasteiger partial charge in [0.1, 0.15) is 34.8 Å². The third kappa shape index (κ3) is 6.55. The zero-order valence-electron chi connectivity index (χ0n) is 35.1. The molecule has 3 aromatic carbocycles. The molecular formula is C46H54N8O6. The number of carbonyl (C=O) groups excluding carboxylic acids is 4. The number of aromatic nitrogens is 4. The molecule has 6 atom stereocenters. The average Bonchev–Trinajstić information content (AvgIpc) is 4.12. The maximum Gasteiger partial charge on any atom is 0.407 e. The van der Waals surface area contributed by atoms with Crippen LogP contribution in [0, 0.1) is 23.7 Å². The van der Waals surface area contributed by atoms with Gasteiger partial charge in [0.25, 0.3) is 0 Å². The molecule has 4 fully saturated rings. The van der Waals surface area contributed by atoms with E-state index in [0.717, 1.165) is 94.4 Å². The molecule has 2 aromatic heterocycles. The van der Waals surface area contributed by atoms with Crippen molar-refractivity contribution in [2.45, 2.75) is 89.4 Å². The second-order valence-electron chi connectivity index (χ2n) is 18.1. The first-order chi connectivity index (χ1) is 28.8. The number of carbonyl (C=O) groups is 4. The van der Waals surface area contributed by atoms with E-state index in [1.54, 1.807) is 0 Å². The molecule has 0 radical (unpaired) electrons. The van der Waals surface area contributed by atoms with E-state index in [4.69, 9.17) is 19.4 Å². The monoisotopic (exact) mass is 814 g/mol. The van der Waals surface area contributed by atoms with E-state index in [1.165, 1.54) is 14.2 Å². The lowest BCUT2D eigenvalue weighted by Crippen LogP contribution is -2.56. The van der Waals surface area contributed by atoms with Gasteiger partial charge in [-0.3, -0.25) is 9.59 Å². The largest absolute Gasteiger partial charge is 0.453 e. The Kier molecular flexibility index (Phi) is 9.86. The number of H-pyrrole nitrogens is 2. The summed E-state index contributed by atoms with van der Waals surface area (Å²) in [6.45, 7) is 9.01. The zero-order valence-corrected chi connectivity index (χ0v) is 35.1. The second kappa shape index (κ2) is 15.0. The van der Waals surface area contributed by atoms with Crippen molar-refractivity contribution in [3.63, 3.8) is 0 Å². The summed E-state index contributed by atoms with van der Waals surface area (Å²) in [6, 6.07) is 17.7. The molecule has 5 aromatic rings. The maximum absolute atomic E-state index is 14.0. The number of amides is 4. The lowest BCUT2D eigenvalue weighted by molar-refractivity contribution is -0.141. The van der Waals surface area contributed by atoms with Crippen molar-refractivity contribution in [3.8, 4) is 22.4 Å². The second-order valence-corrected chi connectivity index (χ2v) is 18.1. The standard InChI is InChI=1S/C46H54N8O6/c1-25(2)37(51-43(57)59-5)39(55)53-23-27-13-15-45(53,20-27)41-47-22-36(50-41)33-10-9-29-17-30(7-8-31(29)18-33)32-11-12-34-35(19-32)49-42(48-34)46-16-14-28(21-46)24-54(46)40(56)38(26(3)4)52-44(58)60-6/h7-12,17-19,22,25-28,37-38H,13-16,20-21,23-24H2,1-6H3,(H,47,50)(H,48,49)(H,51,57)(H,52,58). The number of aromatic amines is 2. The van der Waals surface area contributed by atoms with E-state index in [-0.39, 0.29) is 23.7 Å². The summed E-state index contributed by atoms with van der Waals surface area (Å²) in [5.41, 5.74) is 4.68. The minimum Gasteiger partial charge on any atom is -0.453 e. The van der Waals surface area contributed by atoms with Crippen molar-refractivity contribution in [2.24, 2.45) is 23.7 Å². The number of benzene rings is 3. The molecule has 9 rings (SSSR count). The lowest BCUT2D eigenvalue weighted by Gasteiger charge is -2.40. The summed E-state index contributed by atoms with van der Waals surface area (Å²) in [7, 11) is 2.62. The van der Waals surface area contributed by atoms with E-state index >= 15 is 0 Å². The Morgan fingerprint density at radius 2 is 1.22 bits per heavy atom. The SMILES string of the molecule is COC(=O)NC(C(=O)N1CC2CCC1(c1ncc(-c3ccc4cc(-c5ccc6nc(C78CCC(CN7C(=O)C(NC(=O)OC)C(C)C)C8)[nH]c6c5)ccc4c3)[nH]1)C2)C(C)C. The minimum absolute atomic E-state index is 0.101. The normalized spacial score (nSPS) is 24.1. The Hall–Kier alpha value is -5.92. The lowest BCUT2D eigenvalue weighted by atomic mass is 9.93. The first-order valence-corrected chi connectivity index (χ1v) is 21.2. The number of hydrogen-bond acceptors (Lipinski definition) is 8. The number of nitrogens with one attached hydrogen (secondary N) is 4. The fraction of sp³-hybridized carbons (Fsp3) is 0.478. The van der Waals surface area contributed by atoms with E-state index in [2.05, 4.69) is 69.1 Å². The van der Waals surface area contributed by atoms with Gasteiger partial charge in [-0.2, -0.15) is 0 Å².